The van der Waals surface area contributed by atoms with Crippen LogP contribution in [0.2, 0.25) is 5.02 Å². The predicted octanol–water partition coefficient (Wildman–Crippen LogP) is 4.14. The van der Waals surface area contributed by atoms with Gasteiger partial charge in [0.1, 0.15) is 11.5 Å². The zero-order valence-corrected chi connectivity index (χ0v) is 13.3. The third-order valence-corrected chi connectivity index (χ3v) is 2.92. The summed E-state index contributed by atoms with van der Waals surface area (Å²) in [6.45, 7) is 3.76. The second kappa shape index (κ2) is 7.71. The maximum atomic E-state index is 12.0. The van der Waals surface area contributed by atoms with Crippen molar-refractivity contribution >= 4 is 23.2 Å². The van der Waals surface area contributed by atoms with Crippen molar-refractivity contribution in [2.24, 2.45) is 0 Å². The smallest absolute Gasteiger partial charge is 0.262 e. The first kappa shape index (κ1) is 16.2. The first-order chi connectivity index (χ1) is 10.5. The Bertz CT molecular complexity index is 643. The summed E-state index contributed by atoms with van der Waals surface area (Å²) < 4.78 is 11.1. The molecule has 0 saturated heterocycles. The van der Waals surface area contributed by atoms with Crippen LogP contribution in [-0.4, -0.2) is 18.6 Å². The summed E-state index contributed by atoms with van der Waals surface area (Å²) >= 11 is 5.86. The van der Waals surface area contributed by atoms with Crippen molar-refractivity contribution in [3.05, 3.63) is 53.6 Å². The van der Waals surface area contributed by atoms with Gasteiger partial charge in [-0.15, -0.1) is 0 Å². The SMILES string of the molecule is CC(C)Oc1ccccc1NC(=O)COc1cccc(Cl)c1. The first-order valence-corrected chi connectivity index (χ1v) is 7.36. The summed E-state index contributed by atoms with van der Waals surface area (Å²) in [7, 11) is 0. The Labute approximate surface area is 135 Å². The van der Waals surface area contributed by atoms with Crippen molar-refractivity contribution in [1.29, 1.82) is 0 Å². The van der Waals surface area contributed by atoms with E-state index < -0.39 is 0 Å². The van der Waals surface area contributed by atoms with E-state index in [1.165, 1.54) is 0 Å². The fraction of sp³-hybridized carbons (Fsp3) is 0.235. The van der Waals surface area contributed by atoms with Gasteiger partial charge in [-0.1, -0.05) is 29.8 Å². The Morgan fingerprint density at radius 2 is 1.95 bits per heavy atom. The molecule has 5 heteroatoms. The van der Waals surface area contributed by atoms with E-state index in [9.17, 15) is 4.79 Å². The fourth-order valence-corrected chi connectivity index (χ4v) is 2.00. The third-order valence-electron chi connectivity index (χ3n) is 2.69. The summed E-state index contributed by atoms with van der Waals surface area (Å²) in [5.74, 6) is 0.919. The molecule has 2 rings (SSSR count). The molecule has 2 aromatic carbocycles. The van der Waals surface area contributed by atoms with E-state index in [2.05, 4.69) is 5.32 Å². The highest BCUT2D eigenvalue weighted by molar-refractivity contribution is 6.30. The van der Waals surface area contributed by atoms with E-state index in [0.29, 0.717) is 22.2 Å². The number of nitrogens with one attached hydrogen (secondary N) is 1. The van der Waals surface area contributed by atoms with Gasteiger partial charge in [0.25, 0.3) is 5.91 Å². The summed E-state index contributed by atoms with van der Waals surface area (Å²) in [6.07, 6.45) is 0.0285. The summed E-state index contributed by atoms with van der Waals surface area (Å²) in [5.41, 5.74) is 0.621. The van der Waals surface area contributed by atoms with Crippen LogP contribution >= 0.6 is 11.6 Å². The molecule has 0 saturated carbocycles. The molecule has 0 aliphatic rings. The van der Waals surface area contributed by atoms with E-state index in [4.69, 9.17) is 21.1 Å². The molecule has 0 aliphatic carbocycles. The number of hydrogen-bond acceptors (Lipinski definition) is 3. The molecular formula is C17H18ClNO3. The Balaban J connectivity index is 1.95. The number of benzene rings is 2. The van der Waals surface area contributed by atoms with Crippen LogP contribution in [-0.2, 0) is 4.79 Å². The number of halogens is 1. The minimum absolute atomic E-state index is 0.0285. The van der Waals surface area contributed by atoms with Gasteiger partial charge in [-0.3, -0.25) is 4.79 Å². The Kier molecular flexibility index (Phi) is 5.67. The van der Waals surface area contributed by atoms with Gasteiger partial charge in [-0.2, -0.15) is 0 Å². The molecule has 22 heavy (non-hydrogen) atoms. The second-order valence-corrected chi connectivity index (χ2v) is 5.39. The zero-order chi connectivity index (χ0) is 15.9. The summed E-state index contributed by atoms with van der Waals surface area (Å²) in [5, 5.41) is 3.34. The van der Waals surface area contributed by atoms with Gasteiger partial charge in [0.05, 0.1) is 11.8 Å². The molecule has 0 unspecified atom stereocenters. The highest BCUT2D eigenvalue weighted by atomic mass is 35.5. The average molecular weight is 320 g/mol. The van der Waals surface area contributed by atoms with Crippen molar-refractivity contribution in [3.8, 4) is 11.5 Å². The highest BCUT2D eigenvalue weighted by Crippen LogP contribution is 2.25. The van der Waals surface area contributed by atoms with E-state index in [1.807, 2.05) is 32.0 Å². The first-order valence-electron chi connectivity index (χ1n) is 6.98. The molecule has 116 valence electrons. The lowest BCUT2D eigenvalue weighted by molar-refractivity contribution is -0.118. The molecule has 1 amide bonds. The van der Waals surface area contributed by atoms with Gasteiger partial charge < -0.3 is 14.8 Å². The maximum Gasteiger partial charge on any atom is 0.262 e. The van der Waals surface area contributed by atoms with E-state index in [0.717, 1.165) is 0 Å². The van der Waals surface area contributed by atoms with Gasteiger partial charge in [0.15, 0.2) is 6.61 Å². The second-order valence-electron chi connectivity index (χ2n) is 4.96. The Hall–Kier alpha value is -2.20. The zero-order valence-electron chi connectivity index (χ0n) is 12.5. The van der Waals surface area contributed by atoms with Crippen molar-refractivity contribution in [2.45, 2.75) is 20.0 Å². The molecule has 0 aliphatic heterocycles. The number of carbonyl (C=O) groups is 1. The summed E-state index contributed by atoms with van der Waals surface area (Å²) in [4.78, 5) is 12.0. The molecule has 4 nitrogen and oxygen atoms in total. The molecule has 1 N–H and O–H groups in total. The normalized spacial score (nSPS) is 10.4. The molecule has 0 heterocycles. The summed E-state index contributed by atoms with van der Waals surface area (Å²) in [6, 6.07) is 14.2. The maximum absolute atomic E-state index is 12.0. The van der Waals surface area contributed by atoms with Gasteiger partial charge in [-0.25, -0.2) is 0 Å². The molecule has 0 radical (unpaired) electrons. The standard InChI is InChI=1S/C17H18ClNO3/c1-12(2)22-16-9-4-3-8-15(16)19-17(20)11-21-14-7-5-6-13(18)10-14/h3-10,12H,11H2,1-2H3,(H,19,20). The fourth-order valence-electron chi connectivity index (χ4n) is 1.82. The Morgan fingerprint density at radius 1 is 1.18 bits per heavy atom. The van der Waals surface area contributed by atoms with Crippen molar-refractivity contribution < 1.29 is 14.3 Å². The number of carbonyl (C=O) groups excluding carboxylic acids is 1. The molecular weight excluding hydrogens is 302 g/mol. The predicted molar refractivity (Wildman–Crippen MR) is 87.8 cm³/mol. The van der Waals surface area contributed by atoms with Crippen LogP contribution in [0.15, 0.2) is 48.5 Å². The van der Waals surface area contributed by atoms with Gasteiger partial charge >= 0.3 is 0 Å². The number of para-hydroxylation sites is 2. The minimum Gasteiger partial charge on any atom is -0.489 e. The number of anilines is 1. The molecule has 2 aromatic rings. The quantitative estimate of drug-likeness (QED) is 0.870. The lowest BCUT2D eigenvalue weighted by Gasteiger charge is -2.15. The van der Waals surface area contributed by atoms with Crippen molar-refractivity contribution in [3.63, 3.8) is 0 Å². The lowest BCUT2D eigenvalue weighted by atomic mass is 10.3. The van der Waals surface area contributed by atoms with Crippen LogP contribution in [0.25, 0.3) is 0 Å². The number of amides is 1. The Morgan fingerprint density at radius 3 is 2.68 bits per heavy atom. The number of hydrogen-bond donors (Lipinski definition) is 1. The molecule has 0 atom stereocenters. The van der Waals surface area contributed by atoms with E-state index in [1.54, 1.807) is 30.3 Å². The molecule has 0 aromatic heterocycles. The molecule has 0 spiro atoms. The van der Waals surface area contributed by atoms with Gasteiger partial charge in [0, 0.05) is 5.02 Å². The van der Waals surface area contributed by atoms with Crippen LogP contribution in [0.5, 0.6) is 11.5 Å². The van der Waals surface area contributed by atoms with E-state index in [-0.39, 0.29) is 18.6 Å². The van der Waals surface area contributed by atoms with Crippen LogP contribution < -0.4 is 14.8 Å². The minimum atomic E-state index is -0.264. The average Bonchev–Trinajstić information content (AvgIpc) is 2.47. The van der Waals surface area contributed by atoms with Crippen LogP contribution in [0, 0.1) is 0 Å². The van der Waals surface area contributed by atoms with Crippen LogP contribution in [0.3, 0.4) is 0 Å². The molecule has 0 bridgehead atoms. The van der Waals surface area contributed by atoms with Crippen molar-refractivity contribution in [1.82, 2.24) is 0 Å². The van der Waals surface area contributed by atoms with Gasteiger partial charge in [0.2, 0.25) is 0 Å². The highest BCUT2D eigenvalue weighted by Gasteiger charge is 2.09. The topological polar surface area (TPSA) is 47.6 Å². The van der Waals surface area contributed by atoms with E-state index >= 15 is 0 Å². The van der Waals surface area contributed by atoms with Crippen LogP contribution in [0.1, 0.15) is 13.8 Å². The van der Waals surface area contributed by atoms with Gasteiger partial charge in [-0.05, 0) is 44.2 Å². The largest absolute Gasteiger partial charge is 0.489 e. The molecule has 0 fully saturated rings. The number of ether oxygens (including phenoxy) is 2. The van der Waals surface area contributed by atoms with Crippen LogP contribution in [0.4, 0.5) is 5.69 Å². The van der Waals surface area contributed by atoms with Crippen molar-refractivity contribution in [2.75, 3.05) is 11.9 Å². The third kappa shape index (κ3) is 4.97. The lowest BCUT2D eigenvalue weighted by Crippen LogP contribution is -2.21. The number of rotatable bonds is 6. The monoisotopic (exact) mass is 319 g/mol.